The lowest BCUT2D eigenvalue weighted by Gasteiger charge is -2.35. The zero-order valence-corrected chi connectivity index (χ0v) is 16.0. The molecule has 1 N–H and O–H groups in total. The smallest absolute Gasteiger partial charge is 0.228 e. The van der Waals surface area contributed by atoms with E-state index in [2.05, 4.69) is 10.2 Å². The van der Waals surface area contributed by atoms with Crippen LogP contribution in [0, 0.1) is 18.6 Å². The number of nitrogens with one attached hydrogen (secondary N) is 1. The van der Waals surface area contributed by atoms with Crippen molar-refractivity contribution in [3.8, 4) is 0 Å². The Kier molecular flexibility index (Phi) is 5.31. The van der Waals surface area contributed by atoms with Crippen molar-refractivity contribution in [2.45, 2.75) is 38.3 Å². The van der Waals surface area contributed by atoms with Crippen molar-refractivity contribution in [2.75, 3.05) is 29.4 Å². The first-order chi connectivity index (χ1) is 13.5. The van der Waals surface area contributed by atoms with E-state index in [4.69, 9.17) is 0 Å². The molecule has 2 saturated heterocycles. The number of benzene rings is 2. The monoisotopic (exact) mass is 385 g/mol. The van der Waals surface area contributed by atoms with Gasteiger partial charge in [0.1, 0.15) is 0 Å². The lowest BCUT2D eigenvalue weighted by Crippen LogP contribution is -2.47. The molecule has 0 radical (unpaired) electrons. The van der Waals surface area contributed by atoms with Gasteiger partial charge in [0.2, 0.25) is 5.91 Å². The van der Waals surface area contributed by atoms with Crippen LogP contribution >= 0.6 is 0 Å². The number of carbonyl (C=O) groups excluding carboxylic acids is 1. The van der Waals surface area contributed by atoms with Crippen LogP contribution in [0.5, 0.6) is 0 Å². The average molecular weight is 385 g/mol. The van der Waals surface area contributed by atoms with E-state index in [1.807, 2.05) is 36.1 Å². The summed E-state index contributed by atoms with van der Waals surface area (Å²) in [5.41, 5.74) is 2.83. The van der Waals surface area contributed by atoms with Gasteiger partial charge in [-0.05, 0) is 49.6 Å². The third-order valence-corrected chi connectivity index (χ3v) is 5.67. The average Bonchev–Trinajstić information content (AvgIpc) is 3.05. The molecule has 0 aliphatic carbocycles. The van der Waals surface area contributed by atoms with Crippen LogP contribution in [0.1, 0.15) is 24.8 Å². The number of nitrogens with zero attached hydrogens (tertiary/aromatic N) is 2. The largest absolute Gasteiger partial charge is 0.371 e. The topological polar surface area (TPSA) is 35.6 Å². The fourth-order valence-corrected chi connectivity index (χ4v) is 4.18. The molecule has 2 fully saturated rings. The number of halogens is 2. The third kappa shape index (κ3) is 4.02. The van der Waals surface area contributed by atoms with Gasteiger partial charge < -0.3 is 15.1 Å². The van der Waals surface area contributed by atoms with Crippen LogP contribution < -0.4 is 15.1 Å². The van der Waals surface area contributed by atoms with Gasteiger partial charge in [-0.15, -0.1) is 0 Å². The fraction of sp³-hybridized carbons (Fsp3) is 0.409. The molecular weight excluding hydrogens is 360 g/mol. The highest BCUT2D eigenvalue weighted by atomic mass is 19.2. The summed E-state index contributed by atoms with van der Waals surface area (Å²) in [6, 6.07) is 12.6. The van der Waals surface area contributed by atoms with Crippen LogP contribution in [-0.4, -0.2) is 37.6 Å². The Morgan fingerprint density at radius 3 is 2.46 bits per heavy atom. The van der Waals surface area contributed by atoms with Gasteiger partial charge in [-0.2, -0.15) is 0 Å². The molecule has 2 aliphatic heterocycles. The predicted molar refractivity (Wildman–Crippen MR) is 107 cm³/mol. The number of aryl methyl sites for hydroxylation is 1. The molecule has 4 nitrogen and oxygen atoms in total. The summed E-state index contributed by atoms with van der Waals surface area (Å²) in [5.74, 6) is -1.47. The lowest BCUT2D eigenvalue weighted by atomic mass is 10.0. The Morgan fingerprint density at radius 1 is 0.964 bits per heavy atom. The Bertz CT molecular complexity index is 865. The molecule has 148 valence electrons. The fourth-order valence-electron chi connectivity index (χ4n) is 4.18. The zero-order chi connectivity index (χ0) is 19.7. The van der Waals surface area contributed by atoms with Crippen LogP contribution in [0.25, 0.3) is 0 Å². The summed E-state index contributed by atoms with van der Waals surface area (Å²) in [6.07, 6.45) is 2.33. The number of piperidine rings is 1. The van der Waals surface area contributed by atoms with Crippen molar-refractivity contribution in [2.24, 2.45) is 0 Å². The maximum absolute atomic E-state index is 13.5. The van der Waals surface area contributed by atoms with Gasteiger partial charge in [0.05, 0.1) is 0 Å². The second-order valence-corrected chi connectivity index (χ2v) is 7.77. The summed E-state index contributed by atoms with van der Waals surface area (Å²) in [4.78, 5) is 16.4. The number of anilines is 2. The highest BCUT2D eigenvalue weighted by Crippen LogP contribution is 2.25. The van der Waals surface area contributed by atoms with Crippen LogP contribution in [-0.2, 0) is 4.79 Å². The quantitative estimate of drug-likeness (QED) is 0.873. The van der Waals surface area contributed by atoms with Crippen molar-refractivity contribution in [3.05, 3.63) is 59.7 Å². The van der Waals surface area contributed by atoms with Crippen molar-refractivity contribution in [1.29, 1.82) is 0 Å². The van der Waals surface area contributed by atoms with Crippen LogP contribution in [0.4, 0.5) is 20.2 Å². The third-order valence-electron chi connectivity index (χ3n) is 5.67. The first-order valence-corrected chi connectivity index (χ1v) is 9.82. The maximum atomic E-state index is 13.5. The zero-order valence-electron chi connectivity index (χ0n) is 16.0. The summed E-state index contributed by atoms with van der Waals surface area (Å²) in [5, 5.41) is 3.63. The number of rotatable bonds is 4. The van der Waals surface area contributed by atoms with E-state index in [1.165, 1.54) is 12.1 Å². The number of amides is 1. The maximum Gasteiger partial charge on any atom is 0.228 e. The molecule has 2 aromatic rings. The molecule has 0 bridgehead atoms. The van der Waals surface area contributed by atoms with Crippen molar-refractivity contribution in [3.63, 3.8) is 0 Å². The first kappa shape index (κ1) is 18.9. The van der Waals surface area contributed by atoms with E-state index in [1.54, 1.807) is 6.07 Å². The second kappa shape index (κ2) is 7.87. The van der Waals surface area contributed by atoms with E-state index in [0.717, 1.165) is 42.9 Å². The minimum absolute atomic E-state index is 0.146. The number of hydrogen-bond acceptors (Lipinski definition) is 3. The van der Waals surface area contributed by atoms with E-state index in [9.17, 15) is 13.6 Å². The molecule has 0 aromatic heterocycles. The van der Waals surface area contributed by atoms with Crippen molar-refractivity contribution >= 4 is 17.3 Å². The normalized spacial score (nSPS) is 20.8. The highest BCUT2D eigenvalue weighted by molar-refractivity contribution is 5.96. The van der Waals surface area contributed by atoms with E-state index in [-0.39, 0.29) is 11.9 Å². The number of carbonyl (C=O) groups is 1. The van der Waals surface area contributed by atoms with Crippen LogP contribution in [0.3, 0.4) is 0 Å². The highest BCUT2D eigenvalue weighted by Gasteiger charge is 2.32. The van der Waals surface area contributed by atoms with Crippen molar-refractivity contribution < 1.29 is 13.6 Å². The molecule has 0 spiro atoms. The van der Waals surface area contributed by atoms with E-state index in [0.29, 0.717) is 19.0 Å². The minimum Gasteiger partial charge on any atom is -0.371 e. The number of hydrogen-bond donors (Lipinski definition) is 1. The molecule has 0 saturated carbocycles. The molecule has 4 rings (SSSR count). The molecule has 1 atom stereocenters. The first-order valence-electron chi connectivity index (χ1n) is 9.82. The summed E-state index contributed by atoms with van der Waals surface area (Å²) in [7, 11) is 0. The van der Waals surface area contributed by atoms with Crippen LogP contribution in [0.15, 0.2) is 42.5 Å². The summed E-state index contributed by atoms with van der Waals surface area (Å²) < 4.78 is 26.6. The molecule has 2 aromatic carbocycles. The Balaban J connectivity index is 1.31. The predicted octanol–water partition coefficient (Wildman–Crippen LogP) is 3.64. The molecule has 2 heterocycles. The Hall–Kier alpha value is -2.47. The van der Waals surface area contributed by atoms with E-state index < -0.39 is 11.6 Å². The lowest BCUT2D eigenvalue weighted by molar-refractivity contribution is -0.117. The Labute approximate surface area is 164 Å². The van der Waals surface area contributed by atoms with Gasteiger partial charge in [-0.1, -0.05) is 12.1 Å². The molecule has 1 unspecified atom stereocenters. The van der Waals surface area contributed by atoms with Gasteiger partial charge in [-0.25, -0.2) is 8.78 Å². The SMILES string of the molecule is Cc1cccc(N2CC(NC3CCN(c4ccc(F)c(F)c4)CC3)CC2=O)c1. The summed E-state index contributed by atoms with van der Waals surface area (Å²) in [6.45, 7) is 4.28. The molecule has 2 aliphatic rings. The minimum atomic E-state index is -0.815. The van der Waals surface area contributed by atoms with Gasteiger partial charge in [0.15, 0.2) is 11.6 Å². The summed E-state index contributed by atoms with van der Waals surface area (Å²) >= 11 is 0. The van der Waals surface area contributed by atoms with Crippen LogP contribution in [0.2, 0.25) is 0 Å². The molecular formula is C22H25F2N3O. The van der Waals surface area contributed by atoms with Crippen molar-refractivity contribution in [1.82, 2.24) is 5.32 Å². The molecule has 28 heavy (non-hydrogen) atoms. The second-order valence-electron chi connectivity index (χ2n) is 7.77. The van der Waals surface area contributed by atoms with Gasteiger partial charge in [-0.3, -0.25) is 4.79 Å². The van der Waals surface area contributed by atoms with Gasteiger partial charge in [0.25, 0.3) is 0 Å². The van der Waals surface area contributed by atoms with E-state index >= 15 is 0 Å². The van der Waals surface area contributed by atoms with Gasteiger partial charge >= 0.3 is 0 Å². The Morgan fingerprint density at radius 2 is 1.75 bits per heavy atom. The van der Waals surface area contributed by atoms with Gasteiger partial charge in [0, 0.05) is 55.6 Å². The molecule has 6 heteroatoms. The standard InChI is InChI=1S/C22H25F2N3O/c1-15-3-2-4-19(11-15)27-14-17(12-22(27)28)25-16-7-9-26(10-8-16)18-5-6-20(23)21(24)13-18/h2-6,11,13,16-17,25H,7-10,12,14H2,1H3. The molecule has 1 amide bonds.